The smallest absolute Gasteiger partial charge is 0.294 e. The number of benzene rings is 3. The van der Waals surface area contributed by atoms with Crippen LogP contribution < -0.4 is 10.2 Å². The second-order valence-electron chi connectivity index (χ2n) is 14.7. The van der Waals surface area contributed by atoms with Crippen LogP contribution in [0, 0.1) is 0 Å². The fourth-order valence-electron chi connectivity index (χ4n) is 7.39. The van der Waals surface area contributed by atoms with Gasteiger partial charge in [0.05, 0.1) is 15.2 Å². The summed E-state index contributed by atoms with van der Waals surface area (Å²) in [5.74, 6) is 0.197. The van der Waals surface area contributed by atoms with E-state index >= 15 is 0 Å². The van der Waals surface area contributed by atoms with Crippen molar-refractivity contribution in [3.63, 3.8) is 0 Å². The number of phenolic OH excluding ortho intramolecular Hbond substituents is 1. The molecule has 2 aliphatic heterocycles. The Kier molecular flexibility index (Phi) is 12.1. The average molecular weight is 776 g/mol. The molecule has 5 rings (SSSR count). The van der Waals surface area contributed by atoms with Crippen molar-refractivity contribution in [1.82, 2.24) is 5.32 Å². The van der Waals surface area contributed by atoms with E-state index in [-0.39, 0.29) is 21.4 Å². The molecule has 0 bridgehead atoms. The summed E-state index contributed by atoms with van der Waals surface area (Å²) in [6.07, 6.45) is 13.1. The lowest BCUT2D eigenvalue weighted by atomic mass is 9.81. The Morgan fingerprint density at radius 3 is 2.22 bits per heavy atom. The van der Waals surface area contributed by atoms with Gasteiger partial charge < -0.3 is 19.9 Å². The Bertz CT molecular complexity index is 2250. The number of amides is 1. The standard InChI is InChI=1S/C41H49N3O8S2/c1-6-43-35-22-20-31(53(47,48)49)27-33(35)40(2,3)37(43)13-9-7-10-14-38-41(4,5)34-28-32(54(50,51)52)21-23-36(34)44(38)26-12-8-11-15-39(46)42-25-24-29-16-18-30(45)19-17-29/h7,9-10,13-14,16-23,27-28H,6,8,11-12,15,24-26H2,1-5H3,(H3-,42,45,46,47,48,49,50,51,52). The highest BCUT2D eigenvalue weighted by atomic mass is 32.2. The molecule has 0 saturated heterocycles. The van der Waals surface area contributed by atoms with Gasteiger partial charge in [-0.1, -0.05) is 44.2 Å². The summed E-state index contributed by atoms with van der Waals surface area (Å²) in [6, 6.07) is 16.1. The van der Waals surface area contributed by atoms with E-state index in [1.807, 2.05) is 77.1 Å². The minimum Gasteiger partial charge on any atom is -0.744 e. The number of likely N-dealkylation sites (N-methyl/N-ethyl adjacent to an activating group) is 1. The zero-order valence-corrected chi connectivity index (χ0v) is 33.0. The van der Waals surface area contributed by atoms with E-state index in [0.717, 1.165) is 52.3 Å². The highest BCUT2D eigenvalue weighted by molar-refractivity contribution is 7.86. The molecule has 0 spiro atoms. The number of hydrogen-bond acceptors (Lipinski definition) is 8. The first kappa shape index (κ1) is 40.6. The predicted molar refractivity (Wildman–Crippen MR) is 209 cm³/mol. The number of fused-ring (bicyclic) bond motifs is 2. The van der Waals surface area contributed by atoms with Crippen LogP contribution in [0.1, 0.15) is 77.0 Å². The number of unbranched alkanes of at least 4 members (excludes halogenated alkanes) is 2. The first-order chi connectivity index (χ1) is 25.4. The molecule has 288 valence electrons. The summed E-state index contributed by atoms with van der Waals surface area (Å²) in [5.41, 5.74) is 5.04. The Morgan fingerprint density at radius 1 is 0.870 bits per heavy atom. The Balaban J connectivity index is 1.30. The summed E-state index contributed by atoms with van der Waals surface area (Å²) in [5, 5.41) is 12.4. The zero-order chi connectivity index (χ0) is 39.5. The molecular weight excluding hydrogens is 727 g/mol. The van der Waals surface area contributed by atoms with Crippen LogP contribution in [0.4, 0.5) is 11.4 Å². The van der Waals surface area contributed by atoms with Gasteiger partial charge in [0.1, 0.15) is 22.4 Å². The van der Waals surface area contributed by atoms with Crippen molar-refractivity contribution >= 4 is 43.2 Å². The van der Waals surface area contributed by atoms with Gasteiger partial charge in [0.2, 0.25) is 11.6 Å². The largest absolute Gasteiger partial charge is 0.744 e. The average Bonchev–Trinajstić information content (AvgIpc) is 3.45. The van der Waals surface area contributed by atoms with Crippen molar-refractivity contribution in [3.8, 4) is 5.75 Å². The zero-order valence-electron chi connectivity index (χ0n) is 31.4. The summed E-state index contributed by atoms with van der Waals surface area (Å²) in [7, 11) is -9.00. The normalized spacial score (nSPS) is 17.2. The second-order valence-corrected chi connectivity index (χ2v) is 17.5. The van der Waals surface area contributed by atoms with Crippen molar-refractivity contribution in [3.05, 3.63) is 113 Å². The van der Waals surface area contributed by atoms with E-state index < -0.39 is 31.1 Å². The quantitative estimate of drug-likeness (QED) is 0.0663. The molecule has 2 aliphatic rings. The van der Waals surface area contributed by atoms with Crippen molar-refractivity contribution in [1.29, 1.82) is 0 Å². The van der Waals surface area contributed by atoms with Crippen LogP contribution in [-0.2, 0) is 42.3 Å². The predicted octanol–water partition coefficient (Wildman–Crippen LogP) is 6.65. The summed E-state index contributed by atoms with van der Waals surface area (Å²) < 4.78 is 71.3. The van der Waals surface area contributed by atoms with E-state index in [2.05, 4.69) is 14.8 Å². The van der Waals surface area contributed by atoms with Crippen molar-refractivity contribution in [2.45, 2.75) is 87.3 Å². The number of nitrogens with one attached hydrogen (secondary N) is 1. The van der Waals surface area contributed by atoms with E-state index in [0.29, 0.717) is 38.9 Å². The first-order valence-corrected chi connectivity index (χ1v) is 21.0. The van der Waals surface area contributed by atoms with Gasteiger partial charge in [0, 0.05) is 60.4 Å². The van der Waals surface area contributed by atoms with Gasteiger partial charge in [-0.15, -0.1) is 0 Å². The summed E-state index contributed by atoms with van der Waals surface area (Å²) in [6.45, 7) is 11.8. The maximum Gasteiger partial charge on any atom is 0.294 e. The third-order valence-corrected chi connectivity index (χ3v) is 12.0. The maximum atomic E-state index is 12.5. The van der Waals surface area contributed by atoms with Gasteiger partial charge in [-0.25, -0.2) is 8.42 Å². The molecule has 0 aliphatic carbocycles. The van der Waals surface area contributed by atoms with Gasteiger partial charge in [0.15, 0.2) is 5.71 Å². The van der Waals surface area contributed by atoms with Gasteiger partial charge in [0.25, 0.3) is 10.1 Å². The van der Waals surface area contributed by atoms with Crippen LogP contribution in [0.5, 0.6) is 5.75 Å². The topological polar surface area (TPSA) is 167 Å². The Labute approximate surface area is 318 Å². The molecule has 0 saturated carbocycles. The third kappa shape index (κ3) is 8.86. The molecule has 0 unspecified atom stereocenters. The number of carbonyl (C=O) groups is 1. The van der Waals surface area contributed by atoms with Crippen molar-refractivity contribution in [2.75, 3.05) is 24.5 Å². The Hall–Kier alpha value is -4.56. The minimum absolute atomic E-state index is 0.0109. The lowest BCUT2D eigenvalue weighted by Crippen LogP contribution is -2.28. The summed E-state index contributed by atoms with van der Waals surface area (Å²) in [4.78, 5) is 14.2. The second kappa shape index (κ2) is 16.0. The van der Waals surface area contributed by atoms with E-state index in [1.165, 1.54) is 24.3 Å². The molecule has 3 aromatic carbocycles. The molecule has 0 fully saturated rings. The van der Waals surface area contributed by atoms with Crippen LogP contribution in [0.2, 0.25) is 0 Å². The number of allylic oxidation sites excluding steroid dienone is 6. The number of aromatic hydroxyl groups is 1. The highest BCUT2D eigenvalue weighted by Gasteiger charge is 2.45. The van der Waals surface area contributed by atoms with Crippen LogP contribution >= 0.6 is 0 Å². The molecule has 3 N–H and O–H groups in total. The highest BCUT2D eigenvalue weighted by Crippen LogP contribution is 2.48. The molecule has 11 nitrogen and oxygen atoms in total. The fourth-order valence-corrected chi connectivity index (χ4v) is 8.40. The minimum atomic E-state index is -4.60. The van der Waals surface area contributed by atoms with Gasteiger partial charge >= 0.3 is 0 Å². The number of rotatable bonds is 15. The lowest BCUT2D eigenvalue weighted by Gasteiger charge is -2.25. The van der Waals surface area contributed by atoms with Crippen molar-refractivity contribution in [2.24, 2.45) is 0 Å². The molecule has 0 radical (unpaired) electrons. The molecule has 2 heterocycles. The van der Waals surface area contributed by atoms with E-state index in [9.17, 15) is 35.8 Å². The number of phenols is 1. The maximum absolute atomic E-state index is 12.5. The Morgan fingerprint density at radius 2 is 1.56 bits per heavy atom. The summed E-state index contributed by atoms with van der Waals surface area (Å²) >= 11 is 0. The lowest BCUT2D eigenvalue weighted by molar-refractivity contribution is -0.438. The van der Waals surface area contributed by atoms with Crippen molar-refractivity contribution < 1.29 is 40.4 Å². The van der Waals surface area contributed by atoms with Gasteiger partial charge in [-0.2, -0.15) is 13.0 Å². The van der Waals surface area contributed by atoms with E-state index in [1.54, 1.807) is 24.3 Å². The number of anilines is 1. The SMILES string of the molecule is CCN1C(=CC=CC=CC2=[N+](CCCCCC(=O)NCCc3ccc(O)cc3)c3ccc(S(=O)(=O)O)cc3C2(C)C)C(C)(C)c2cc(S(=O)(=O)[O-])ccc21. The number of carbonyl (C=O) groups excluding carboxylic acids is 1. The molecular formula is C41H49N3O8S2. The molecule has 1 amide bonds. The fraction of sp³-hybridized carbons (Fsp3) is 0.366. The van der Waals surface area contributed by atoms with Crippen LogP contribution in [-0.4, -0.2) is 66.9 Å². The van der Waals surface area contributed by atoms with Gasteiger partial charge in [-0.3, -0.25) is 9.35 Å². The monoisotopic (exact) mass is 775 g/mol. The number of hydrogen-bond donors (Lipinski definition) is 3. The third-order valence-electron chi connectivity index (χ3n) is 10.3. The molecule has 0 atom stereocenters. The molecule has 0 aromatic heterocycles. The van der Waals surface area contributed by atoms with Crippen LogP contribution in [0.15, 0.2) is 107 Å². The van der Waals surface area contributed by atoms with E-state index in [4.69, 9.17) is 0 Å². The molecule has 13 heteroatoms. The van der Waals surface area contributed by atoms with Gasteiger partial charge in [-0.05, 0) is 99.7 Å². The first-order valence-electron chi connectivity index (χ1n) is 18.1. The van der Waals surface area contributed by atoms with Crippen LogP contribution in [0.25, 0.3) is 0 Å². The number of nitrogens with zero attached hydrogens (tertiary/aromatic N) is 2. The molecule has 3 aromatic rings. The van der Waals surface area contributed by atoms with Crippen LogP contribution in [0.3, 0.4) is 0 Å². The molecule has 54 heavy (non-hydrogen) atoms.